The second-order valence-electron chi connectivity index (χ2n) is 11.0. The molecule has 4 heterocycles. The summed E-state index contributed by atoms with van der Waals surface area (Å²) in [6.07, 6.45) is 7.44. The molecular weight excluding hydrogens is 563 g/mol. The van der Waals surface area contributed by atoms with Crippen molar-refractivity contribution >= 4 is 52.4 Å². The number of pyridine rings is 1. The number of imide groups is 1. The summed E-state index contributed by atoms with van der Waals surface area (Å²) in [6.45, 7) is 0.264. The first-order valence-electron chi connectivity index (χ1n) is 13.6. The number of fused-ring (bicyclic) bond motifs is 1. The number of hydrogen-bond acceptors (Lipinski definition) is 7. The number of aromatic nitrogens is 4. The molecule has 2 saturated carbocycles. The second kappa shape index (κ2) is 9.76. The van der Waals surface area contributed by atoms with Crippen molar-refractivity contribution in [1.29, 1.82) is 0 Å². The van der Waals surface area contributed by atoms with Crippen LogP contribution in [0.4, 0.5) is 26.5 Å². The SMILES string of the molecule is CN1C(=O)CN(c2cc(C3CC3)cn3cc(CNc4cc(NC(=O)[C@@H]5C[C@]5(F)c5cccc(Cl)c5)ncn4)nc23)C1=O. The van der Waals surface area contributed by atoms with Crippen LogP contribution in [-0.2, 0) is 21.8 Å². The summed E-state index contributed by atoms with van der Waals surface area (Å²) >= 11 is 6.00. The molecule has 1 aliphatic heterocycles. The van der Waals surface area contributed by atoms with E-state index in [1.54, 1.807) is 24.3 Å². The van der Waals surface area contributed by atoms with Gasteiger partial charge in [-0.2, -0.15) is 0 Å². The zero-order chi connectivity index (χ0) is 29.2. The van der Waals surface area contributed by atoms with Gasteiger partial charge in [-0.3, -0.25) is 19.4 Å². The molecule has 2 atom stereocenters. The van der Waals surface area contributed by atoms with Crippen molar-refractivity contribution in [3.05, 3.63) is 77.0 Å². The quantitative estimate of drug-likeness (QED) is 0.291. The summed E-state index contributed by atoms with van der Waals surface area (Å²) in [5, 5.41) is 6.28. The minimum Gasteiger partial charge on any atom is -0.364 e. The Labute approximate surface area is 244 Å². The van der Waals surface area contributed by atoms with E-state index in [4.69, 9.17) is 16.6 Å². The molecule has 3 aliphatic rings. The standard InChI is InChI=1S/C29H26ClFN8O3/c1-37-25(40)14-39(28(37)42)22-7-17(16-5-6-16)12-38-13-20(35-26(22)38)11-32-23-9-24(34-15-33-23)36-27(41)21-10-29(21,31)18-3-2-4-19(30)8-18/h2-4,7-9,12-13,15-16,21H,5-6,10-11,14H2,1H3,(H2,32,33,34,36,41)/t21-,29-/m0/s1. The summed E-state index contributed by atoms with van der Waals surface area (Å²) in [4.78, 5) is 53.4. The third kappa shape index (κ3) is 4.71. The maximum atomic E-state index is 15.4. The molecule has 0 bridgehead atoms. The number of anilines is 3. The Hall–Kier alpha value is -4.58. The Balaban J connectivity index is 1.06. The highest BCUT2D eigenvalue weighted by molar-refractivity contribution is 6.30. The molecule has 7 rings (SSSR count). The Kier molecular flexibility index (Phi) is 6.12. The van der Waals surface area contributed by atoms with E-state index < -0.39 is 17.5 Å². The van der Waals surface area contributed by atoms with Gasteiger partial charge in [0, 0.05) is 37.0 Å². The van der Waals surface area contributed by atoms with Gasteiger partial charge in [-0.15, -0.1) is 0 Å². The lowest BCUT2D eigenvalue weighted by atomic mass is 10.1. The van der Waals surface area contributed by atoms with Crippen LogP contribution in [-0.4, -0.2) is 55.7 Å². The van der Waals surface area contributed by atoms with Crippen molar-refractivity contribution in [3.63, 3.8) is 0 Å². The lowest BCUT2D eigenvalue weighted by Gasteiger charge is -2.17. The van der Waals surface area contributed by atoms with Crippen LogP contribution < -0.4 is 15.5 Å². The highest BCUT2D eigenvalue weighted by Crippen LogP contribution is 2.56. The van der Waals surface area contributed by atoms with Gasteiger partial charge in [-0.25, -0.2) is 24.1 Å². The van der Waals surface area contributed by atoms with Crippen LogP contribution >= 0.6 is 11.6 Å². The van der Waals surface area contributed by atoms with Crippen LogP contribution in [0.3, 0.4) is 0 Å². The molecule has 42 heavy (non-hydrogen) atoms. The number of likely N-dealkylation sites (N-methyl/N-ethyl adjacent to an activating group) is 1. The fraction of sp³-hybridized carbons (Fsp3) is 0.310. The van der Waals surface area contributed by atoms with Crippen LogP contribution in [0.5, 0.6) is 0 Å². The van der Waals surface area contributed by atoms with Gasteiger partial charge >= 0.3 is 6.03 Å². The number of imidazole rings is 1. The molecule has 0 spiro atoms. The predicted octanol–water partition coefficient (Wildman–Crippen LogP) is 4.49. The van der Waals surface area contributed by atoms with Gasteiger partial charge in [0.15, 0.2) is 5.65 Å². The molecule has 2 aliphatic carbocycles. The Morgan fingerprint density at radius 2 is 1.95 bits per heavy atom. The molecule has 1 saturated heterocycles. The molecule has 11 nitrogen and oxygen atoms in total. The average Bonchev–Trinajstić information content (AvgIpc) is 3.88. The minimum absolute atomic E-state index is 0.0293. The van der Waals surface area contributed by atoms with E-state index in [1.165, 1.54) is 24.3 Å². The van der Waals surface area contributed by atoms with Gasteiger partial charge in [0.05, 0.1) is 23.8 Å². The number of carbonyl (C=O) groups excluding carboxylic acids is 3. The highest BCUT2D eigenvalue weighted by atomic mass is 35.5. The lowest BCUT2D eigenvalue weighted by molar-refractivity contribution is -0.124. The molecule has 0 radical (unpaired) electrons. The molecule has 1 aromatic carbocycles. The third-order valence-corrected chi connectivity index (χ3v) is 8.25. The van der Waals surface area contributed by atoms with Gasteiger partial charge in [-0.1, -0.05) is 23.7 Å². The zero-order valence-corrected chi connectivity index (χ0v) is 23.3. The molecule has 0 unspecified atom stereocenters. The first-order chi connectivity index (χ1) is 20.2. The summed E-state index contributed by atoms with van der Waals surface area (Å²) in [5.41, 5.74) is 1.58. The number of carbonyl (C=O) groups is 3. The van der Waals surface area contributed by atoms with Crippen LogP contribution in [0.2, 0.25) is 5.02 Å². The van der Waals surface area contributed by atoms with Crippen molar-refractivity contribution in [2.75, 3.05) is 29.1 Å². The highest BCUT2D eigenvalue weighted by Gasteiger charge is 2.61. The summed E-state index contributed by atoms with van der Waals surface area (Å²) in [5.74, 6) is -0.462. The number of hydrogen-bond donors (Lipinski definition) is 2. The van der Waals surface area contributed by atoms with Gasteiger partial charge in [0.1, 0.15) is 30.2 Å². The molecule has 4 aromatic rings. The van der Waals surface area contributed by atoms with Crippen LogP contribution in [0, 0.1) is 5.92 Å². The molecule has 2 N–H and O–H groups in total. The van der Waals surface area contributed by atoms with E-state index in [2.05, 4.69) is 20.6 Å². The molecule has 13 heteroatoms. The van der Waals surface area contributed by atoms with Gasteiger partial charge in [0.25, 0.3) is 0 Å². The summed E-state index contributed by atoms with van der Waals surface area (Å²) < 4.78 is 17.2. The second-order valence-corrected chi connectivity index (χ2v) is 11.4. The average molecular weight is 589 g/mol. The summed E-state index contributed by atoms with van der Waals surface area (Å²) in [6, 6.07) is 9.63. The van der Waals surface area contributed by atoms with E-state index in [-0.39, 0.29) is 30.7 Å². The van der Waals surface area contributed by atoms with E-state index in [1.807, 2.05) is 22.9 Å². The minimum atomic E-state index is -1.76. The van der Waals surface area contributed by atoms with Crippen LogP contribution in [0.25, 0.3) is 5.65 Å². The molecule has 3 aromatic heterocycles. The number of benzene rings is 1. The lowest BCUT2D eigenvalue weighted by Crippen LogP contribution is -2.30. The third-order valence-electron chi connectivity index (χ3n) is 8.01. The van der Waals surface area contributed by atoms with Gasteiger partial charge < -0.3 is 15.0 Å². The maximum absolute atomic E-state index is 15.4. The molecular formula is C29H26ClFN8O3. The van der Waals surface area contributed by atoms with E-state index in [0.29, 0.717) is 45.9 Å². The largest absolute Gasteiger partial charge is 0.364 e. The number of alkyl halides is 1. The van der Waals surface area contributed by atoms with Crippen molar-refractivity contribution in [3.8, 4) is 0 Å². The number of amides is 4. The molecule has 214 valence electrons. The van der Waals surface area contributed by atoms with Crippen molar-refractivity contribution in [2.24, 2.45) is 5.92 Å². The number of nitrogens with one attached hydrogen (secondary N) is 2. The van der Waals surface area contributed by atoms with Crippen molar-refractivity contribution in [2.45, 2.75) is 37.4 Å². The number of halogens is 2. The fourth-order valence-electron chi connectivity index (χ4n) is 5.38. The first kappa shape index (κ1) is 26.3. The fourth-order valence-corrected chi connectivity index (χ4v) is 5.57. The summed E-state index contributed by atoms with van der Waals surface area (Å²) in [7, 11) is 1.48. The van der Waals surface area contributed by atoms with Gasteiger partial charge in [-0.05, 0) is 48.1 Å². The number of rotatable bonds is 8. The molecule has 4 amide bonds. The molecule has 3 fully saturated rings. The maximum Gasteiger partial charge on any atom is 0.331 e. The monoisotopic (exact) mass is 588 g/mol. The van der Waals surface area contributed by atoms with Crippen molar-refractivity contribution < 1.29 is 18.8 Å². The Bertz CT molecular complexity index is 1770. The Morgan fingerprint density at radius 3 is 2.69 bits per heavy atom. The van der Waals surface area contributed by atoms with E-state index >= 15 is 4.39 Å². The van der Waals surface area contributed by atoms with Gasteiger partial charge in [0.2, 0.25) is 11.8 Å². The number of nitrogens with zero attached hydrogens (tertiary/aromatic N) is 6. The normalized spacial score (nSPS) is 21.7. The van der Waals surface area contributed by atoms with Crippen molar-refractivity contribution in [1.82, 2.24) is 24.3 Å². The first-order valence-corrected chi connectivity index (χ1v) is 14.0. The topological polar surface area (TPSA) is 125 Å². The van der Waals surface area contributed by atoms with Crippen LogP contribution in [0.1, 0.15) is 42.0 Å². The number of urea groups is 1. The van der Waals surface area contributed by atoms with E-state index in [0.717, 1.165) is 23.3 Å². The predicted molar refractivity (Wildman–Crippen MR) is 153 cm³/mol. The van der Waals surface area contributed by atoms with Crippen LogP contribution in [0.15, 0.2) is 55.1 Å². The smallest absolute Gasteiger partial charge is 0.331 e. The zero-order valence-electron chi connectivity index (χ0n) is 22.6. The Morgan fingerprint density at radius 1 is 1.14 bits per heavy atom. The van der Waals surface area contributed by atoms with E-state index in [9.17, 15) is 14.4 Å².